The van der Waals surface area contributed by atoms with Gasteiger partial charge in [0.25, 0.3) is 0 Å². The van der Waals surface area contributed by atoms with Crippen LogP contribution in [0.4, 0.5) is 0 Å². The van der Waals surface area contributed by atoms with Gasteiger partial charge in [-0.3, -0.25) is 4.79 Å². The van der Waals surface area contributed by atoms with Crippen molar-refractivity contribution < 1.29 is 9.53 Å². The van der Waals surface area contributed by atoms with Gasteiger partial charge in [0.15, 0.2) is 0 Å². The molecule has 0 aliphatic heterocycles. The lowest BCUT2D eigenvalue weighted by Gasteiger charge is -2.27. The summed E-state index contributed by atoms with van der Waals surface area (Å²) in [5.74, 6) is 1.05. The summed E-state index contributed by atoms with van der Waals surface area (Å²) < 4.78 is 4.93. The monoisotopic (exact) mass is 255 g/mol. The Kier molecular flexibility index (Phi) is 6.69. The van der Waals surface area contributed by atoms with Crippen molar-refractivity contribution in [2.45, 2.75) is 71.4 Å². The van der Waals surface area contributed by atoms with E-state index in [1.54, 1.807) is 0 Å². The number of hydrogen-bond donors (Lipinski definition) is 1. The molecule has 0 bridgehead atoms. The molecule has 1 N–H and O–H groups in total. The molecule has 1 aliphatic carbocycles. The van der Waals surface area contributed by atoms with Crippen molar-refractivity contribution in [2.75, 3.05) is 7.11 Å². The van der Waals surface area contributed by atoms with Crippen LogP contribution in [0.1, 0.15) is 59.3 Å². The van der Waals surface area contributed by atoms with Crippen LogP contribution in [-0.2, 0) is 9.53 Å². The molecule has 106 valence electrons. The Morgan fingerprint density at radius 3 is 2.67 bits per heavy atom. The van der Waals surface area contributed by atoms with Gasteiger partial charge in [0.1, 0.15) is 6.04 Å². The predicted molar refractivity (Wildman–Crippen MR) is 74.4 cm³/mol. The van der Waals surface area contributed by atoms with E-state index >= 15 is 0 Å². The fourth-order valence-electron chi connectivity index (χ4n) is 2.73. The zero-order valence-electron chi connectivity index (χ0n) is 12.4. The Morgan fingerprint density at radius 2 is 2.06 bits per heavy atom. The van der Waals surface area contributed by atoms with Crippen molar-refractivity contribution in [2.24, 2.45) is 11.8 Å². The zero-order chi connectivity index (χ0) is 13.5. The fraction of sp³-hybridized carbons (Fsp3) is 0.933. The second kappa shape index (κ2) is 7.78. The average Bonchev–Trinajstić information content (AvgIpc) is 2.59. The van der Waals surface area contributed by atoms with Gasteiger partial charge in [-0.25, -0.2) is 0 Å². The Bertz CT molecular complexity index is 255. The predicted octanol–water partition coefficient (Wildman–Crippen LogP) is 3.13. The largest absolute Gasteiger partial charge is 0.468 e. The van der Waals surface area contributed by atoms with Gasteiger partial charge in [-0.1, -0.05) is 40.0 Å². The second-order valence-corrected chi connectivity index (χ2v) is 5.86. The zero-order valence-corrected chi connectivity index (χ0v) is 12.4. The molecule has 0 aromatic heterocycles. The summed E-state index contributed by atoms with van der Waals surface area (Å²) in [5.41, 5.74) is 0. The molecule has 0 heterocycles. The number of methoxy groups -OCH3 is 1. The van der Waals surface area contributed by atoms with Crippen LogP contribution in [0.5, 0.6) is 0 Å². The van der Waals surface area contributed by atoms with Crippen LogP contribution in [0.25, 0.3) is 0 Å². The highest BCUT2D eigenvalue weighted by Gasteiger charge is 2.28. The number of ether oxygens (including phenoxy) is 1. The maximum absolute atomic E-state index is 11.9. The Hall–Kier alpha value is -0.570. The van der Waals surface area contributed by atoms with E-state index in [9.17, 15) is 4.79 Å². The molecule has 18 heavy (non-hydrogen) atoms. The number of rotatable bonds is 5. The topological polar surface area (TPSA) is 38.3 Å². The van der Waals surface area contributed by atoms with Gasteiger partial charge >= 0.3 is 5.97 Å². The summed E-state index contributed by atoms with van der Waals surface area (Å²) in [6, 6.07) is 0.339. The molecule has 4 atom stereocenters. The maximum Gasteiger partial charge on any atom is 0.323 e. The Balaban J connectivity index is 2.56. The van der Waals surface area contributed by atoms with Crippen LogP contribution >= 0.6 is 0 Å². The van der Waals surface area contributed by atoms with Gasteiger partial charge in [0.2, 0.25) is 0 Å². The third-order valence-electron chi connectivity index (χ3n) is 4.34. The molecular weight excluding hydrogens is 226 g/mol. The molecular formula is C15H29NO2. The minimum absolute atomic E-state index is 0.110. The molecule has 3 heteroatoms. The van der Waals surface area contributed by atoms with Crippen LogP contribution in [0.15, 0.2) is 0 Å². The van der Waals surface area contributed by atoms with E-state index < -0.39 is 0 Å². The third-order valence-corrected chi connectivity index (χ3v) is 4.34. The van der Waals surface area contributed by atoms with Gasteiger partial charge in [-0.15, -0.1) is 0 Å². The van der Waals surface area contributed by atoms with Crippen molar-refractivity contribution in [3.8, 4) is 0 Å². The summed E-state index contributed by atoms with van der Waals surface area (Å²) in [6.45, 7) is 6.57. The molecule has 1 saturated carbocycles. The van der Waals surface area contributed by atoms with E-state index in [1.165, 1.54) is 39.2 Å². The van der Waals surface area contributed by atoms with Gasteiger partial charge in [0, 0.05) is 6.04 Å². The molecule has 0 aromatic carbocycles. The number of hydrogen-bond acceptors (Lipinski definition) is 3. The van der Waals surface area contributed by atoms with E-state index in [1.807, 2.05) is 0 Å². The number of carbonyl (C=O) groups is 1. The van der Waals surface area contributed by atoms with Crippen LogP contribution in [0.3, 0.4) is 0 Å². The molecule has 0 aromatic rings. The van der Waals surface area contributed by atoms with Crippen molar-refractivity contribution in [1.82, 2.24) is 5.32 Å². The third kappa shape index (κ3) is 4.60. The van der Waals surface area contributed by atoms with E-state index in [2.05, 4.69) is 26.1 Å². The summed E-state index contributed by atoms with van der Waals surface area (Å²) in [6.07, 6.45) is 7.24. The first-order valence-corrected chi connectivity index (χ1v) is 7.42. The van der Waals surface area contributed by atoms with Gasteiger partial charge in [0.05, 0.1) is 7.11 Å². The molecule has 0 saturated heterocycles. The minimum atomic E-state index is -0.140. The molecule has 4 unspecified atom stereocenters. The Morgan fingerprint density at radius 1 is 1.33 bits per heavy atom. The first-order chi connectivity index (χ1) is 8.58. The summed E-state index contributed by atoms with van der Waals surface area (Å²) in [4.78, 5) is 11.9. The fourth-order valence-corrected chi connectivity index (χ4v) is 2.73. The average molecular weight is 255 g/mol. The maximum atomic E-state index is 11.9. The first-order valence-electron chi connectivity index (χ1n) is 7.42. The number of esters is 1. The Labute approximate surface area is 112 Å². The van der Waals surface area contributed by atoms with Crippen molar-refractivity contribution in [3.63, 3.8) is 0 Å². The van der Waals surface area contributed by atoms with Crippen LogP contribution in [0.2, 0.25) is 0 Å². The van der Waals surface area contributed by atoms with Gasteiger partial charge < -0.3 is 10.1 Å². The van der Waals surface area contributed by atoms with Crippen LogP contribution < -0.4 is 5.32 Å². The molecule has 0 radical (unpaired) electrons. The van der Waals surface area contributed by atoms with E-state index in [0.29, 0.717) is 12.0 Å². The van der Waals surface area contributed by atoms with Crippen molar-refractivity contribution in [1.29, 1.82) is 0 Å². The lowest BCUT2D eigenvalue weighted by molar-refractivity contribution is -0.144. The smallest absolute Gasteiger partial charge is 0.323 e. The molecule has 1 rings (SSSR count). The number of nitrogens with one attached hydrogen (secondary N) is 1. The summed E-state index contributed by atoms with van der Waals surface area (Å²) in [7, 11) is 1.48. The highest BCUT2D eigenvalue weighted by molar-refractivity contribution is 5.76. The van der Waals surface area contributed by atoms with Crippen molar-refractivity contribution in [3.05, 3.63) is 0 Å². The van der Waals surface area contributed by atoms with Crippen LogP contribution in [-0.4, -0.2) is 25.2 Å². The van der Waals surface area contributed by atoms with E-state index in [-0.39, 0.29) is 12.0 Å². The highest BCUT2D eigenvalue weighted by atomic mass is 16.5. The molecule has 1 aliphatic rings. The second-order valence-electron chi connectivity index (χ2n) is 5.86. The molecule has 0 amide bonds. The minimum Gasteiger partial charge on any atom is -0.468 e. The quantitative estimate of drug-likeness (QED) is 0.606. The highest BCUT2D eigenvalue weighted by Crippen LogP contribution is 2.23. The van der Waals surface area contributed by atoms with E-state index in [0.717, 1.165) is 12.3 Å². The standard InChI is InChI=1S/C15H29NO2/c1-5-12(3)14(15(17)18-4)16-13-8-6-7-11(2)9-10-13/h11-14,16H,5-10H2,1-4H3. The summed E-state index contributed by atoms with van der Waals surface area (Å²) >= 11 is 0. The SMILES string of the molecule is CCC(C)C(NC1CCCC(C)CC1)C(=O)OC. The lowest BCUT2D eigenvalue weighted by Crippen LogP contribution is -2.47. The summed E-state index contributed by atoms with van der Waals surface area (Å²) in [5, 5.41) is 3.54. The molecule has 3 nitrogen and oxygen atoms in total. The van der Waals surface area contributed by atoms with Crippen LogP contribution in [0, 0.1) is 11.8 Å². The van der Waals surface area contributed by atoms with Gasteiger partial charge in [-0.2, -0.15) is 0 Å². The molecule has 1 fully saturated rings. The van der Waals surface area contributed by atoms with E-state index in [4.69, 9.17) is 4.74 Å². The lowest BCUT2D eigenvalue weighted by atomic mass is 9.96. The van der Waals surface area contributed by atoms with Gasteiger partial charge in [-0.05, 0) is 31.1 Å². The van der Waals surface area contributed by atoms with Crippen molar-refractivity contribution >= 4 is 5.97 Å². The number of carbonyl (C=O) groups excluding carboxylic acids is 1. The molecule has 0 spiro atoms. The first kappa shape index (κ1) is 15.5. The normalized spacial score (nSPS) is 28.2.